The van der Waals surface area contributed by atoms with Crippen LogP contribution in [0.15, 0.2) is 53.5 Å². The van der Waals surface area contributed by atoms with E-state index in [1.165, 1.54) is 18.4 Å². The average molecular weight is 345 g/mol. The lowest BCUT2D eigenvalue weighted by molar-refractivity contribution is 0.590. The number of anilines is 1. The highest BCUT2D eigenvalue weighted by Crippen LogP contribution is 2.22. The van der Waals surface area contributed by atoms with Gasteiger partial charge in [0.05, 0.1) is 4.47 Å². The molecule has 1 aliphatic rings. The van der Waals surface area contributed by atoms with Crippen molar-refractivity contribution in [2.24, 2.45) is 5.92 Å². The maximum Gasteiger partial charge on any atom is 0.225 e. The van der Waals surface area contributed by atoms with Crippen LogP contribution in [0.5, 0.6) is 0 Å². The van der Waals surface area contributed by atoms with Gasteiger partial charge in [0.1, 0.15) is 0 Å². The topological polar surface area (TPSA) is 41.9 Å². The second kappa shape index (κ2) is 6.80. The summed E-state index contributed by atoms with van der Waals surface area (Å²) in [4.78, 5) is 15.3. The minimum Gasteiger partial charge on any atom is -0.336 e. The number of pyridine rings is 1. The first-order valence-electron chi connectivity index (χ1n) is 7.09. The molecule has 0 saturated carbocycles. The second-order valence-corrected chi connectivity index (χ2v) is 6.12. The SMILES string of the molecule is Brc1cnc(N(Cc2cccnc2)CC2C=CCC2)nc1. The molecule has 0 N–H and O–H groups in total. The number of aromatic nitrogens is 3. The van der Waals surface area contributed by atoms with Crippen molar-refractivity contribution in [3.63, 3.8) is 0 Å². The van der Waals surface area contributed by atoms with Crippen LogP contribution in [-0.4, -0.2) is 21.5 Å². The van der Waals surface area contributed by atoms with E-state index in [4.69, 9.17) is 0 Å². The van der Waals surface area contributed by atoms with E-state index in [2.05, 4.69) is 54.0 Å². The van der Waals surface area contributed by atoms with Crippen molar-refractivity contribution in [1.82, 2.24) is 15.0 Å². The Morgan fingerprint density at radius 3 is 2.76 bits per heavy atom. The van der Waals surface area contributed by atoms with E-state index < -0.39 is 0 Å². The highest BCUT2D eigenvalue weighted by Gasteiger charge is 2.17. The lowest BCUT2D eigenvalue weighted by atomic mass is 10.1. The van der Waals surface area contributed by atoms with Gasteiger partial charge in [0.25, 0.3) is 0 Å². The van der Waals surface area contributed by atoms with E-state index in [1.807, 2.05) is 12.3 Å². The summed E-state index contributed by atoms with van der Waals surface area (Å²) in [6.45, 7) is 1.72. The predicted molar refractivity (Wildman–Crippen MR) is 86.9 cm³/mol. The Labute approximate surface area is 133 Å². The highest BCUT2D eigenvalue weighted by atomic mass is 79.9. The van der Waals surface area contributed by atoms with Gasteiger partial charge in [-0.15, -0.1) is 0 Å². The number of rotatable bonds is 5. The fourth-order valence-electron chi connectivity index (χ4n) is 2.53. The Kier molecular flexibility index (Phi) is 4.60. The Bertz CT molecular complexity index is 597. The van der Waals surface area contributed by atoms with E-state index in [-0.39, 0.29) is 0 Å². The van der Waals surface area contributed by atoms with Gasteiger partial charge in [0.15, 0.2) is 0 Å². The van der Waals surface area contributed by atoms with Gasteiger partial charge in [-0.25, -0.2) is 9.97 Å². The predicted octanol–water partition coefficient (Wildman–Crippen LogP) is 3.61. The van der Waals surface area contributed by atoms with Crippen LogP contribution in [0.2, 0.25) is 0 Å². The summed E-state index contributed by atoms with van der Waals surface area (Å²) in [5, 5.41) is 0. The Morgan fingerprint density at radius 2 is 2.10 bits per heavy atom. The van der Waals surface area contributed by atoms with Gasteiger partial charge in [-0.05, 0) is 46.3 Å². The molecule has 0 radical (unpaired) electrons. The maximum absolute atomic E-state index is 4.44. The van der Waals surface area contributed by atoms with Crippen molar-refractivity contribution in [3.8, 4) is 0 Å². The van der Waals surface area contributed by atoms with Crippen LogP contribution < -0.4 is 4.90 Å². The summed E-state index contributed by atoms with van der Waals surface area (Å²) in [7, 11) is 0. The van der Waals surface area contributed by atoms with E-state index in [0.717, 1.165) is 23.5 Å². The third-order valence-corrected chi connectivity index (χ3v) is 3.96. The largest absolute Gasteiger partial charge is 0.336 e. The third-order valence-electron chi connectivity index (χ3n) is 3.55. The minimum atomic E-state index is 0.578. The number of hydrogen-bond acceptors (Lipinski definition) is 4. The zero-order valence-corrected chi connectivity index (χ0v) is 13.3. The number of halogens is 1. The van der Waals surface area contributed by atoms with E-state index in [1.54, 1.807) is 18.6 Å². The first-order valence-corrected chi connectivity index (χ1v) is 7.88. The molecule has 0 aromatic carbocycles. The first kappa shape index (κ1) is 14.2. The van der Waals surface area contributed by atoms with Gasteiger partial charge in [0, 0.05) is 37.9 Å². The van der Waals surface area contributed by atoms with Crippen molar-refractivity contribution in [1.29, 1.82) is 0 Å². The van der Waals surface area contributed by atoms with Gasteiger partial charge in [-0.2, -0.15) is 0 Å². The molecule has 0 spiro atoms. The van der Waals surface area contributed by atoms with Gasteiger partial charge < -0.3 is 4.90 Å². The van der Waals surface area contributed by atoms with Crippen LogP contribution in [-0.2, 0) is 6.54 Å². The van der Waals surface area contributed by atoms with Crippen molar-refractivity contribution in [2.45, 2.75) is 19.4 Å². The molecule has 1 atom stereocenters. The fourth-order valence-corrected chi connectivity index (χ4v) is 2.73. The number of nitrogens with zero attached hydrogens (tertiary/aromatic N) is 4. The van der Waals surface area contributed by atoms with E-state index in [0.29, 0.717) is 5.92 Å². The van der Waals surface area contributed by atoms with Crippen LogP contribution in [0.3, 0.4) is 0 Å². The van der Waals surface area contributed by atoms with Crippen LogP contribution >= 0.6 is 15.9 Å². The average Bonchev–Trinajstić information content (AvgIpc) is 3.01. The molecule has 2 aromatic rings. The molecule has 108 valence electrons. The minimum absolute atomic E-state index is 0.578. The van der Waals surface area contributed by atoms with Crippen LogP contribution in [0.1, 0.15) is 18.4 Å². The summed E-state index contributed by atoms with van der Waals surface area (Å²) in [5.41, 5.74) is 1.17. The van der Waals surface area contributed by atoms with Gasteiger partial charge in [-0.3, -0.25) is 4.98 Å². The quantitative estimate of drug-likeness (QED) is 0.777. The van der Waals surface area contributed by atoms with Gasteiger partial charge in [-0.1, -0.05) is 18.2 Å². The monoisotopic (exact) mass is 344 g/mol. The summed E-state index contributed by atoms with van der Waals surface area (Å²) in [6.07, 6.45) is 14.2. The van der Waals surface area contributed by atoms with Crippen molar-refractivity contribution < 1.29 is 0 Å². The second-order valence-electron chi connectivity index (χ2n) is 5.21. The van der Waals surface area contributed by atoms with E-state index in [9.17, 15) is 0 Å². The molecule has 0 fully saturated rings. The number of hydrogen-bond donors (Lipinski definition) is 0. The molecule has 21 heavy (non-hydrogen) atoms. The molecule has 1 unspecified atom stereocenters. The molecule has 0 aliphatic heterocycles. The lowest BCUT2D eigenvalue weighted by Gasteiger charge is -2.25. The molecule has 1 aliphatic carbocycles. The molecule has 4 nitrogen and oxygen atoms in total. The third kappa shape index (κ3) is 3.88. The normalized spacial score (nSPS) is 17.1. The summed E-state index contributed by atoms with van der Waals surface area (Å²) >= 11 is 3.38. The lowest BCUT2D eigenvalue weighted by Crippen LogP contribution is -2.29. The van der Waals surface area contributed by atoms with Gasteiger partial charge >= 0.3 is 0 Å². The molecule has 3 rings (SSSR count). The molecule has 5 heteroatoms. The summed E-state index contributed by atoms with van der Waals surface area (Å²) < 4.78 is 0.897. The van der Waals surface area contributed by atoms with Crippen molar-refractivity contribution in [2.75, 3.05) is 11.4 Å². The molecular formula is C16H17BrN4. The Balaban J connectivity index is 1.79. The standard InChI is InChI=1S/C16H17BrN4/c17-15-9-19-16(20-10-15)21(11-13-4-1-2-5-13)12-14-6-3-7-18-8-14/h1,3-4,6-10,13H,2,5,11-12H2. The Hall–Kier alpha value is -1.75. The van der Waals surface area contributed by atoms with Gasteiger partial charge in [0.2, 0.25) is 5.95 Å². The van der Waals surface area contributed by atoms with Crippen LogP contribution in [0.4, 0.5) is 5.95 Å². The zero-order valence-electron chi connectivity index (χ0n) is 11.7. The first-order chi connectivity index (χ1) is 10.3. The highest BCUT2D eigenvalue weighted by molar-refractivity contribution is 9.10. The van der Waals surface area contributed by atoms with Crippen molar-refractivity contribution >= 4 is 21.9 Å². The smallest absolute Gasteiger partial charge is 0.225 e. The van der Waals surface area contributed by atoms with Crippen molar-refractivity contribution in [3.05, 3.63) is 59.1 Å². The number of allylic oxidation sites excluding steroid dienone is 1. The molecule has 2 aromatic heterocycles. The molecule has 0 saturated heterocycles. The van der Waals surface area contributed by atoms with Crippen LogP contribution in [0, 0.1) is 5.92 Å². The molecule has 2 heterocycles. The maximum atomic E-state index is 4.44. The van der Waals surface area contributed by atoms with E-state index >= 15 is 0 Å². The summed E-state index contributed by atoms with van der Waals surface area (Å²) in [6, 6.07) is 4.05. The molecular weight excluding hydrogens is 328 g/mol. The summed E-state index contributed by atoms with van der Waals surface area (Å²) in [5.74, 6) is 1.34. The zero-order chi connectivity index (χ0) is 14.5. The molecule has 0 bridgehead atoms. The Morgan fingerprint density at radius 1 is 1.24 bits per heavy atom. The molecule has 0 amide bonds. The van der Waals surface area contributed by atoms with Crippen LogP contribution in [0.25, 0.3) is 0 Å². The fraction of sp³-hybridized carbons (Fsp3) is 0.312.